The van der Waals surface area contributed by atoms with Crippen molar-refractivity contribution in [2.75, 3.05) is 27.2 Å². The van der Waals surface area contributed by atoms with E-state index in [0.717, 1.165) is 11.8 Å². The fraction of sp³-hybridized carbons (Fsp3) is 1.00. The molecule has 0 atom stereocenters. The minimum Gasteiger partial charge on any atom is -0.328 e. The maximum absolute atomic E-state index is 2.38. The predicted molar refractivity (Wildman–Crippen MR) is 58.6 cm³/mol. The van der Waals surface area contributed by atoms with E-state index in [1.807, 2.05) is 0 Å². The summed E-state index contributed by atoms with van der Waals surface area (Å²) in [6.07, 6.45) is 5.84. The second-order valence-electron chi connectivity index (χ2n) is 5.80. The Morgan fingerprint density at radius 3 is 2.23 bits per heavy atom. The molecule has 0 N–H and O–H groups in total. The molecule has 1 rings (SSSR count). The molecule has 78 valence electrons. The fourth-order valence-corrected chi connectivity index (χ4v) is 1.66. The molecule has 0 bridgehead atoms. The smallest absolute Gasteiger partial charge is 0.0785 e. The van der Waals surface area contributed by atoms with Crippen molar-refractivity contribution in [1.82, 2.24) is 0 Å². The summed E-state index contributed by atoms with van der Waals surface area (Å²) in [5, 5.41) is 0. The van der Waals surface area contributed by atoms with E-state index in [4.69, 9.17) is 0 Å². The van der Waals surface area contributed by atoms with Gasteiger partial charge in [0, 0.05) is 0 Å². The molecule has 0 aromatic heterocycles. The molecule has 1 saturated carbocycles. The monoisotopic (exact) mass is 184 g/mol. The van der Waals surface area contributed by atoms with Crippen LogP contribution in [0.15, 0.2) is 0 Å². The molecule has 0 spiro atoms. The van der Waals surface area contributed by atoms with E-state index in [1.54, 1.807) is 0 Å². The summed E-state index contributed by atoms with van der Waals surface area (Å²) in [5.74, 6) is 1.95. The topological polar surface area (TPSA) is 0 Å². The van der Waals surface area contributed by atoms with Gasteiger partial charge in [-0.15, -0.1) is 0 Å². The molecular weight excluding hydrogens is 158 g/mol. The van der Waals surface area contributed by atoms with Crippen LogP contribution in [0.4, 0.5) is 0 Å². The van der Waals surface area contributed by atoms with Crippen LogP contribution < -0.4 is 0 Å². The summed E-state index contributed by atoms with van der Waals surface area (Å²) in [4.78, 5) is 0. The van der Waals surface area contributed by atoms with E-state index >= 15 is 0 Å². The quantitative estimate of drug-likeness (QED) is 0.557. The Morgan fingerprint density at radius 1 is 1.15 bits per heavy atom. The van der Waals surface area contributed by atoms with Gasteiger partial charge in [-0.05, 0) is 37.5 Å². The van der Waals surface area contributed by atoms with Crippen LogP contribution in [0.1, 0.15) is 39.5 Å². The third-order valence-corrected chi connectivity index (χ3v) is 3.15. The van der Waals surface area contributed by atoms with Crippen molar-refractivity contribution in [3.63, 3.8) is 0 Å². The molecule has 0 saturated heterocycles. The second kappa shape index (κ2) is 4.45. The van der Waals surface area contributed by atoms with Crippen LogP contribution in [0.5, 0.6) is 0 Å². The second-order valence-corrected chi connectivity index (χ2v) is 5.80. The van der Waals surface area contributed by atoms with Crippen molar-refractivity contribution in [2.45, 2.75) is 39.5 Å². The van der Waals surface area contributed by atoms with Gasteiger partial charge >= 0.3 is 0 Å². The van der Waals surface area contributed by atoms with Crippen molar-refractivity contribution < 1.29 is 4.48 Å². The first-order chi connectivity index (χ1) is 5.99. The molecule has 0 radical (unpaired) electrons. The largest absolute Gasteiger partial charge is 0.328 e. The van der Waals surface area contributed by atoms with Crippen LogP contribution in [0.25, 0.3) is 0 Å². The summed E-state index contributed by atoms with van der Waals surface area (Å²) in [5.41, 5.74) is 0. The minimum absolute atomic E-state index is 0.860. The van der Waals surface area contributed by atoms with E-state index in [9.17, 15) is 0 Å². The van der Waals surface area contributed by atoms with Crippen molar-refractivity contribution in [2.24, 2.45) is 11.8 Å². The lowest BCUT2D eigenvalue weighted by atomic mass is 10.1. The Morgan fingerprint density at radius 2 is 1.77 bits per heavy atom. The fourth-order valence-electron chi connectivity index (χ4n) is 1.66. The summed E-state index contributed by atoms with van der Waals surface area (Å²) in [6.45, 7) is 7.38. The van der Waals surface area contributed by atoms with Crippen LogP contribution in [0.2, 0.25) is 0 Å². The molecule has 0 aliphatic heterocycles. The molecule has 0 aromatic carbocycles. The van der Waals surface area contributed by atoms with Crippen LogP contribution in [0, 0.1) is 11.8 Å². The maximum atomic E-state index is 2.38. The summed E-state index contributed by atoms with van der Waals surface area (Å²) < 4.78 is 1.23. The van der Waals surface area contributed by atoms with Gasteiger partial charge in [-0.25, -0.2) is 0 Å². The molecule has 0 heterocycles. The lowest BCUT2D eigenvalue weighted by molar-refractivity contribution is -0.891. The van der Waals surface area contributed by atoms with Gasteiger partial charge in [0.1, 0.15) is 0 Å². The highest BCUT2D eigenvalue weighted by molar-refractivity contribution is 4.72. The molecule has 0 aromatic rings. The number of quaternary nitrogens is 1. The number of hydrogen-bond acceptors (Lipinski definition) is 0. The van der Waals surface area contributed by atoms with Gasteiger partial charge in [-0.2, -0.15) is 0 Å². The standard InChI is InChI=1S/C12H26N/c1-11(2)7-9-13(3,4)10-8-12-5-6-12/h11-12H,5-10H2,1-4H3/q+1. The minimum atomic E-state index is 0.860. The first kappa shape index (κ1) is 11.0. The number of rotatable bonds is 6. The molecule has 1 heteroatoms. The number of nitrogens with zero attached hydrogens (tertiary/aromatic N) is 1. The van der Waals surface area contributed by atoms with Crippen LogP contribution in [-0.2, 0) is 0 Å². The summed E-state index contributed by atoms with van der Waals surface area (Å²) >= 11 is 0. The molecule has 1 aliphatic carbocycles. The van der Waals surface area contributed by atoms with Gasteiger partial charge in [0.05, 0.1) is 27.2 Å². The summed E-state index contributed by atoms with van der Waals surface area (Å²) in [6, 6.07) is 0. The average Bonchev–Trinajstić information content (AvgIpc) is 2.81. The van der Waals surface area contributed by atoms with Crippen LogP contribution >= 0.6 is 0 Å². The third kappa shape index (κ3) is 5.30. The highest BCUT2D eigenvalue weighted by Gasteiger charge is 2.25. The van der Waals surface area contributed by atoms with E-state index in [1.165, 1.54) is 43.3 Å². The Balaban J connectivity index is 2.10. The average molecular weight is 184 g/mol. The third-order valence-electron chi connectivity index (χ3n) is 3.15. The molecule has 1 fully saturated rings. The van der Waals surface area contributed by atoms with Crippen molar-refractivity contribution in [3.8, 4) is 0 Å². The predicted octanol–water partition coefficient (Wildman–Crippen LogP) is 2.91. The molecule has 1 nitrogen and oxygen atoms in total. The Labute approximate surface area is 83.7 Å². The molecule has 1 aliphatic rings. The van der Waals surface area contributed by atoms with E-state index in [2.05, 4.69) is 27.9 Å². The zero-order chi connectivity index (χ0) is 9.90. The highest BCUT2D eigenvalue weighted by Crippen LogP contribution is 2.32. The van der Waals surface area contributed by atoms with Gasteiger partial charge in [0.15, 0.2) is 0 Å². The van der Waals surface area contributed by atoms with E-state index in [-0.39, 0.29) is 0 Å². The Bertz CT molecular complexity index is 137. The van der Waals surface area contributed by atoms with Crippen molar-refractivity contribution >= 4 is 0 Å². The van der Waals surface area contributed by atoms with Crippen LogP contribution in [0.3, 0.4) is 0 Å². The lowest BCUT2D eigenvalue weighted by Crippen LogP contribution is -2.41. The lowest BCUT2D eigenvalue weighted by Gasteiger charge is -2.30. The molecule has 0 amide bonds. The Hall–Kier alpha value is -0.0400. The summed E-state index contributed by atoms with van der Waals surface area (Å²) in [7, 11) is 4.76. The normalized spacial score (nSPS) is 18.2. The van der Waals surface area contributed by atoms with Gasteiger partial charge in [0.2, 0.25) is 0 Å². The molecular formula is C12H26N+. The first-order valence-electron chi connectivity index (χ1n) is 5.81. The highest BCUT2D eigenvalue weighted by atomic mass is 15.3. The van der Waals surface area contributed by atoms with Gasteiger partial charge in [0.25, 0.3) is 0 Å². The maximum Gasteiger partial charge on any atom is 0.0785 e. The SMILES string of the molecule is CC(C)CC[N+](C)(C)CCC1CC1. The van der Waals surface area contributed by atoms with E-state index < -0.39 is 0 Å². The van der Waals surface area contributed by atoms with Gasteiger partial charge < -0.3 is 4.48 Å². The van der Waals surface area contributed by atoms with Crippen molar-refractivity contribution in [3.05, 3.63) is 0 Å². The van der Waals surface area contributed by atoms with Gasteiger partial charge in [-0.3, -0.25) is 0 Å². The molecule has 13 heavy (non-hydrogen) atoms. The number of hydrogen-bond donors (Lipinski definition) is 0. The van der Waals surface area contributed by atoms with Crippen molar-refractivity contribution in [1.29, 1.82) is 0 Å². The molecule has 0 unspecified atom stereocenters. The zero-order valence-electron chi connectivity index (χ0n) is 9.84. The Kier molecular flexibility index (Phi) is 3.78. The van der Waals surface area contributed by atoms with Gasteiger partial charge in [-0.1, -0.05) is 13.8 Å². The first-order valence-corrected chi connectivity index (χ1v) is 5.81. The van der Waals surface area contributed by atoms with Crippen LogP contribution in [-0.4, -0.2) is 31.7 Å². The zero-order valence-corrected chi connectivity index (χ0v) is 9.84. The van der Waals surface area contributed by atoms with E-state index in [0.29, 0.717) is 0 Å².